The van der Waals surface area contributed by atoms with Crippen molar-refractivity contribution in [2.45, 2.75) is 17.8 Å². The zero-order valence-corrected chi connectivity index (χ0v) is 30.1. The molecule has 3 nitrogen and oxygen atoms in total. The molecule has 55 heavy (non-hydrogen) atoms. The molecule has 0 saturated heterocycles. The largest absolute Gasteiger partial charge is 0.208 e. The van der Waals surface area contributed by atoms with Gasteiger partial charge < -0.3 is 0 Å². The summed E-state index contributed by atoms with van der Waals surface area (Å²) in [5.41, 5.74) is 16.4. The van der Waals surface area contributed by atoms with E-state index in [1.165, 1.54) is 55.6 Å². The van der Waals surface area contributed by atoms with Crippen molar-refractivity contribution in [3.63, 3.8) is 0 Å². The van der Waals surface area contributed by atoms with Crippen LogP contribution in [0.1, 0.15) is 46.0 Å². The van der Waals surface area contributed by atoms with Gasteiger partial charge in [-0.05, 0) is 67.6 Å². The third-order valence-electron chi connectivity index (χ3n) is 11.7. The van der Waals surface area contributed by atoms with Gasteiger partial charge in [0, 0.05) is 22.6 Å². The molecule has 0 bridgehead atoms. The summed E-state index contributed by atoms with van der Waals surface area (Å²) >= 11 is 0. The molecule has 7 aromatic carbocycles. The molecule has 0 aliphatic heterocycles. The topological polar surface area (TPSA) is 38.7 Å². The number of fused-ring (bicyclic) bond motifs is 10. The van der Waals surface area contributed by atoms with Crippen molar-refractivity contribution < 1.29 is 0 Å². The molecular formula is C52H35N3. The number of allylic oxidation sites excluding steroid dienone is 4. The van der Waals surface area contributed by atoms with E-state index in [0.717, 1.165) is 28.7 Å². The summed E-state index contributed by atoms with van der Waals surface area (Å²) in [6, 6.07) is 63.2. The number of benzene rings is 7. The fraction of sp³-hybridized carbons (Fsp3) is 0.0577. The Morgan fingerprint density at radius 1 is 0.400 bits per heavy atom. The van der Waals surface area contributed by atoms with E-state index in [1.54, 1.807) is 0 Å². The lowest BCUT2D eigenvalue weighted by Crippen LogP contribution is -2.25. The lowest BCUT2D eigenvalue weighted by molar-refractivity contribution is 0.794. The van der Waals surface area contributed by atoms with Crippen molar-refractivity contribution in [3.8, 4) is 56.2 Å². The van der Waals surface area contributed by atoms with Gasteiger partial charge >= 0.3 is 0 Å². The van der Waals surface area contributed by atoms with E-state index < -0.39 is 5.41 Å². The highest BCUT2D eigenvalue weighted by atomic mass is 15.0. The first-order valence-corrected chi connectivity index (χ1v) is 19.1. The molecule has 3 aliphatic rings. The van der Waals surface area contributed by atoms with Crippen LogP contribution >= 0.6 is 0 Å². The molecule has 258 valence electrons. The first-order valence-electron chi connectivity index (χ1n) is 19.1. The molecule has 3 heteroatoms. The van der Waals surface area contributed by atoms with Crippen LogP contribution in [0.2, 0.25) is 0 Å². The molecule has 11 rings (SSSR count). The van der Waals surface area contributed by atoms with Crippen molar-refractivity contribution in [2.75, 3.05) is 0 Å². The highest BCUT2D eigenvalue weighted by Gasteiger charge is 2.52. The molecule has 0 N–H and O–H groups in total. The van der Waals surface area contributed by atoms with Gasteiger partial charge in [0.2, 0.25) is 0 Å². The molecule has 1 aromatic heterocycles. The van der Waals surface area contributed by atoms with E-state index >= 15 is 0 Å². The van der Waals surface area contributed by atoms with Crippen LogP contribution in [-0.2, 0) is 5.41 Å². The predicted octanol–water partition coefficient (Wildman–Crippen LogP) is 12.3. The van der Waals surface area contributed by atoms with Gasteiger partial charge in [0.25, 0.3) is 0 Å². The van der Waals surface area contributed by atoms with Crippen molar-refractivity contribution in [1.82, 2.24) is 15.0 Å². The van der Waals surface area contributed by atoms with Gasteiger partial charge in [-0.15, -0.1) is 0 Å². The average Bonchev–Trinajstić information content (AvgIpc) is 3.75. The SMILES string of the molecule is C1=CC(c2ccccc2)CC=C1c1nc(-c2ccc(-c3ccccc3)cc2)nc(-c2cccc3c2-c2ccccc2C32c3ccccc3-c3ccccc32)n1. The number of rotatable bonds is 5. The Hall–Kier alpha value is -6.97. The monoisotopic (exact) mass is 701 g/mol. The highest BCUT2D eigenvalue weighted by Crippen LogP contribution is 2.63. The van der Waals surface area contributed by atoms with E-state index in [4.69, 9.17) is 15.0 Å². The third-order valence-corrected chi connectivity index (χ3v) is 11.7. The van der Waals surface area contributed by atoms with Gasteiger partial charge in [-0.3, -0.25) is 0 Å². The van der Waals surface area contributed by atoms with Crippen molar-refractivity contribution >= 4 is 5.57 Å². The number of aromatic nitrogens is 3. The molecule has 8 aromatic rings. The van der Waals surface area contributed by atoms with Crippen LogP contribution in [-0.4, -0.2) is 15.0 Å². The second-order valence-corrected chi connectivity index (χ2v) is 14.6. The van der Waals surface area contributed by atoms with E-state index in [1.807, 2.05) is 6.07 Å². The quantitative estimate of drug-likeness (QED) is 0.179. The van der Waals surface area contributed by atoms with Gasteiger partial charge in [0.05, 0.1) is 5.41 Å². The van der Waals surface area contributed by atoms with Crippen LogP contribution in [0.25, 0.3) is 61.7 Å². The minimum absolute atomic E-state index is 0.318. The van der Waals surface area contributed by atoms with E-state index in [9.17, 15) is 0 Å². The van der Waals surface area contributed by atoms with E-state index in [2.05, 4.69) is 188 Å². The van der Waals surface area contributed by atoms with Crippen molar-refractivity contribution in [1.29, 1.82) is 0 Å². The summed E-state index contributed by atoms with van der Waals surface area (Å²) in [7, 11) is 0. The van der Waals surface area contributed by atoms with Crippen molar-refractivity contribution in [2.24, 2.45) is 0 Å². The second kappa shape index (κ2) is 12.6. The second-order valence-electron chi connectivity index (χ2n) is 14.6. The molecule has 3 aliphatic carbocycles. The van der Waals surface area contributed by atoms with E-state index in [0.29, 0.717) is 23.4 Å². The predicted molar refractivity (Wildman–Crippen MR) is 223 cm³/mol. The van der Waals surface area contributed by atoms with Crippen LogP contribution in [0.5, 0.6) is 0 Å². The number of hydrogen-bond donors (Lipinski definition) is 0. The summed E-state index contributed by atoms with van der Waals surface area (Å²) in [5, 5.41) is 0. The van der Waals surface area contributed by atoms with Crippen LogP contribution < -0.4 is 0 Å². The van der Waals surface area contributed by atoms with Gasteiger partial charge in [-0.1, -0.05) is 194 Å². The molecule has 1 atom stereocenters. The Morgan fingerprint density at radius 2 is 0.909 bits per heavy atom. The molecule has 1 heterocycles. The van der Waals surface area contributed by atoms with E-state index in [-0.39, 0.29) is 0 Å². The van der Waals surface area contributed by atoms with Crippen LogP contribution in [0.4, 0.5) is 0 Å². The lowest BCUT2D eigenvalue weighted by atomic mass is 9.70. The maximum absolute atomic E-state index is 5.33. The Kier molecular flexibility index (Phi) is 7.21. The standard InChI is InChI=1S/C52H35N3/c1-3-14-34(15-4-1)36-26-30-38(31-27-36)49-53-50(39-32-28-37(29-33-39)35-16-5-2-6-17-35)55-51(54-49)43-21-13-25-47-48(43)42-20-9-12-24-46(42)52(47)44-22-10-7-18-40(44)41-19-8-11-23-45(41)52/h1-28,30-33,37H,29H2. The lowest BCUT2D eigenvalue weighted by Gasteiger charge is -2.30. The van der Waals surface area contributed by atoms with Gasteiger partial charge in [-0.25, -0.2) is 15.0 Å². The summed E-state index contributed by atoms with van der Waals surface area (Å²) in [4.78, 5) is 15.8. The van der Waals surface area contributed by atoms with Gasteiger partial charge in [0.1, 0.15) is 0 Å². The molecule has 0 fully saturated rings. The molecule has 1 spiro atoms. The number of nitrogens with zero attached hydrogens (tertiary/aromatic N) is 3. The summed E-state index contributed by atoms with van der Waals surface area (Å²) < 4.78 is 0. The molecular weight excluding hydrogens is 667 g/mol. The van der Waals surface area contributed by atoms with Crippen LogP contribution in [0.3, 0.4) is 0 Å². The van der Waals surface area contributed by atoms with Crippen molar-refractivity contribution in [3.05, 3.63) is 228 Å². The fourth-order valence-corrected chi connectivity index (χ4v) is 9.26. The fourth-order valence-electron chi connectivity index (χ4n) is 9.26. The molecule has 1 unspecified atom stereocenters. The van der Waals surface area contributed by atoms with Gasteiger partial charge in [0.15, 0.2) is 17.5 Å². The summed E-state index contributed by atoms with van der Waals surface area (Å²) in [6.07, 6.45) is 7.64. The zero-order chi connectivity index (χ0) is 36.3. The molecule has 0 radical (unpaired) electrons. The van der Waals surface area contributed by atoms with Crippen LogP contribution in [0, 0.1) is 0 Å². The maximum atomic E-state index is 5.33. The molecule has 0 amide bonds. The Balaban J connectivity index is 1.11. The first kappa shape index (κ1) is 31.5. The number of hydrogen-bond acceptors (Lipinski definition) is 3. The average molecular weight is 702 g/mol. The van der Waals surface area contributed by atoms with Crippen LogP contribution in [0.15, 0.2) is 194 Å². The summed E-state index contributed by atoms with van der Waals surface area (Å²) in [6.45, 7) is 0. The minimum Gasteiger partial charge on any atom is -0.208 e. The molecule has 0 saturated carbocycles. The highest BCUT2D eigenvalue weighted by molar-refractivity contribution is 5.99. The maximum Gasteiger partial charge on any atom is 0.164 e. The minimum atomic E-state index is -0.442. The first-order chi connectivity index (χ1) is 27.3. The third kappa shape index (κ3) is 4.86. The Labute approximate surface area is 321 Å². The normalized spacial score (nSPS) is 15.6. The van der Waals surface area contributed by atoms with Gasteiger partial charge in [-0.2, -0.15) is 0 Å². The summed E-state index contributed by atoms with van der Waals surface area (Å²) in [5.74, 6) is 2.34. The smallest absolute Gasteiger partial charge is 0.164 e. The zero-order valence-electron chi connectivity index (χ0n) is 30.1. The Morgan fingerprint density at radius 3 is 1.58 bits per heavy atom. The Bertz CT molecular complexity index is 2790.